The Morgan fingerprint density at radius 3 is 2.91 bits per heavy atom. The van der Waals surface area contributed by atoms with Gasteiger partial charge in [0.15, 0.2) is 0 Å². The molecule has 1 amide bonds. The molecule has 2 fully saturated rings. The highest BCUT2D eigenvalue weighted by atomic mass is 16.6. The first-order valence-corrected chi connectivity index (χ1v) is 7.99. The van der Waals surface area contributed by atoms with Gasteiger partial charge in [-0.2, -0.15) is 0 Å². The summed E-state index contributed by atoms with van der Waals surface area (Å²) in [4.78, 5) is 22.5. The van der Waals surface area contributed by atoms with Crippen molar-refractivity contribution in [3.8, 4) is 0 Å². The largest absolute Gasteiger partial charge is 0.381 e. The lowest BCUT2D eigenvalue weighted by Crippen LogP contribution is -2.38. The minimum absolute atomic E-state index is 0.0835. The van der Waals surface area contributed by atoms with Gasteiger partial charge in [0.05, 0.1) is 16.6 Å². The molecule has 1 aliphatic heterocycles. The molecule has 7 heteroatoms. The van der Waals surface area contributed by atoms with Crippen molar-refractivity contribution in [1.29, 1.82) is 0 Å². The Bertz CT molecular complexity index is 619. The van der Waals surface area contributed by atoms with Crippen molar-refractivity contribution < 1.29 is 14.5 Å². The predicted molar refractivity (Wildman–Crippen MR) is 85.6 cm³/mol. The van der Waals surface area contributed by atoms with Crippen LogP contribution in [0.2, 0.25) is 0 Å². The Kier molecular flexibility index (Phi) is 4.47. The summed E-state index contributed by atoms with van der Waals surface area (Å²) in [5, 5.41) is 16.9. The number of ether oxygens (including phenoxy) is 1. The molecule has 1 heterocycles. The van der Waals surface area contributed by atoms with Crippen LogP contribution >= 0.6 is 0 Å². The summed E-state index contributed by atoms with van der Waals surface area (Å²) < 4.78 is 5.77. The third kappa shape index (κ3) is 3.14. The Morgan fingerprint density at radius 2 is 2.17 bits per heavy atom. The third-order valence-corrected chi connectivity index (χ3v) is 4.81. The van der Waals surface area contributed by atoms with Crippen LogP contribution in [0.5, 0.6) is 0 Å². The first kappa shape index (κ1) is 15.7. The zero-order chi connectivity index (χ0) is 16.4. The molecule has 1 saturated heterocycles. The van der Waals surface area contributed by atoms with E-state index in [4.69, 9.17) is 4.74 Å². The van der Waals surface area contributed by atoms with Gasteiger partial charge in [-0.25, -0.2) is 0 Å². The Morgan fingerprint density at radius 1 is 1.35 bits per heavy atom. The van der Waals surface area contributed by atoms with E-state index in [-0.39, 0.29) is 17.6 Å². The Balaban J connectivity index is 1.86. The van der Waals surface area contributed by atoms with Crippen LogP contribution in [0.1, 0.15) is 36.0 Å². The standard InChI is InChI=1S/C16H21N3O4/c1-17-16(20)12-9-10(19(21)22)5-6-14(12)18-13-3-2-4-15-11(13)7-8-23-15/h5-6,9,11,13,15,18H,2-4,7-8H2,1H3,(H,17,20). The average Bonchev–Trinajstić information content (AvgIpc) is 3.04. The molecule has 0 aromatic heterocycles. The number of carbonyl (C=O) groups excluding carboxylic acids is 1. The molecule has 1 saturated carbocycles. The fourth-order valence-corrected chi connectivity index (χ4v) is 3.65. The van der Waals surface area contributed by atoms with Gasteiger partial charge < -0.3 is 15.4 Å². The number of carbonyl (C=O) groups is 1. The second kappa shape index (κ2) is 6.54. The SMILES string of the molecule is CNC(=O)c1cc([N+](=O)[O-])ccc1NC1CCCC2OCCC12. The maximum Gasteiger partial charge on any atom is 0.270 e. The molecule has 1 aliphatic carbocycles. The van der Waals surface area contributed by atoms with Crippen LogP contribution in [0.4, 0.5) is 11.4 Å². The summed E-state index contributed by atoms with van der Waals surface area (Å²) in [5.74, 6) is 0.114. The van der Waals surface area contributed by atoms with Crippen LogP contribution < -0.4 is 10.6 Å². The first-order chi connectivity index (χ1) is 11.1. The molecule has 3 unspecified atom stereocenters. The van der Waals surface area contributed by atoms with E-state index in [1.54, 1.807) is 6.07 Å². The molecule has 1 aromatic rings. The van der Waals surface area contributed by atoms with Crippen LogP contribution in [0, 0.1) is 16.0 Å². The predicted octanol–water partition coefficient (Wildman–Crippen LogP) is 2.32. The second-order valence-corrected chi connectivity index (χ2v) is 6.11. The number of hydrogen-bond acceptors (Lipinski definition) is 5. The van der Waals surface area contributed by atoms with Gasteiger partial charge >= 0.3 is 0 Å². The molecule has 124 valence electrons. The topological polar surface area (TPSA) is 93.5 Å². The number of amides is 1. The van der Waals surface area contributed by atoms with Crippen LogP contribution in [0.25, 0.3) is 0 Å². The van der Waals surface area contributed by atoms with Crippen LogP contribution in [-0.4, -0.2) is 36.6 Å². The number of rotatable bonds is 4. The molecule has 0 bridgehead atoms. The molecule has 23 heavy (non-hydrogen) atoms. The quantitative estimate of drug-likeness (QED) is 0.656. The smallest absolute Gasteiger partial charge is 0.270 e. The van der Waals surface area contributed by atoms with Crippen LogP contribution in [0.3, 0.4) is 0 Å². The first-order valence-electron chi connectivity index (χ1n) is 7.99. The number of anilines is 1. The van der Waals surface area contributed by atoms with Crippen LogP contribution in [-0.2, 0) is 4.74 Å². The number of nitro groups is 1. The van der Waals surface area contributed by atoms with Crippen molar-refractivity contribution in [2.45, 2.75) is 37.8 Å². The fraction of sp³-hybridized carbons (Fsp3) is 0.562. The molecular weight excluding hydrogens is 298 g/mol. The van der Waals surface area contributed by atoms with E-state index in [9.17, 15) is 14.9 Å². The van der Waals surface area contributed by atoms with Gasteiger partial charge in [-0.3, -0.25) is 14.9 Å². The summed E-state index contributed by atoms with van der Waals surface area (Å²) in [5.41, 5.74) is 0.870. The molecule has 2 N–H and O–H groups in total. The highest BCUT2D eigenvalue weighted by Crippen LogP contribution is 2.36. The van der Waals surface area contributed by atoms with Gasteiger partial charge in [0.1, 0.15) is 0 Å². The van der Waals surface area contributed by atoms with E-state index in [1.165, 1.54) is 19.2 Å². The molecule has 1 aromatic carbocycles. The molecular formula is C16H21N3O4. The monoisotopic (exact) mass is 319 g/mol. The average molecular weight is 319 g/mol. The molecule has 3 atom stereocenters. The molecule has 3 rings (SSSR count). The van der Waals surface area contributed by atoms with Gasteiger partial charge in [0.2, 0.25) is 0 Å². The minimum Gasteiger partial charge on any atom is -0.381 e. The number of nitro benzene ring substituents is 1. The number of benzene rings is 1. The highest BCUT2D eigenvalue weighted by Gasteiger charge is 2.38. The molecule has 2 aliphatic rings. The van der Waals surface area contributed by atoms with Gasteiger partial charge in [-0.1, -0.05) is 0 Å². The Hall–Kier alpha value is -2.15. The second-order valence-electron chi connectivity index (χ2n) is 6.11. The number of non-ortho nitro benzene ring substituents is 1. The summed E-state index contributed by atoms with van der Waals surface area (Å²) in [6.07, 6.45) is 4.51. The van der Waals surface area contributed by atoms with E-state index in [1.807, 2.05) is 0 Å². The summed E-state index contributed by atoms with van der Waals surface area (Å²) in [6, 6.07) is 4.62. The lowest BCUT2D eigenvalue weighted by atomic mass is 9.81. The van der Waals surface area contributed by atoms with E-state index in [2.05, 4.69) is 10.6 Å². The van der Waals surface area contributed by atoms with Crippen molar-refractivity contribution in [3.05, 3.63) is 33.9 Å². The third-order valence-electron chi connectivity index (χ3n) is 4.81. The normalized spacial score (nSPS) is 26.4. The zero-order valence-electron chi connectivity index (χ0n) is 13.1. The van der Waals surface area contributed by atoms with Crippen LogP contribution in [0.15, 0.2) is 18.2 Å². The van der Waals surface area contributed by atoms with Gasteiger partial charge in [-0.15, -0.1) is 0 Å². The van der Waals surface area contributed by atoms with E-state index < -0.39 is 4.92 Å². The highest BCUT2D eigenvalue weighted by molar-refractivity contribution is 6.00. The minimum atomic E-state index is -0.488. The summed E-state index contributed by atoms with van der Waals surface area (Å²) in [7, 11) is 1.52. The summed E-state index contributed by atoms with van der Waals surface area (Å²) >= 11 is 0. The number of fused-ring (bicyclic) bond motifs is 1. The fourth-order valence-electron chi connectivity index (χ4n) is 3.65. The Labute approximate surface area is 134 Å². The maximum absolute atomic E-state index is 12.1. The van der Waals surface area contributed by atoms with Crippen molar-refractivity contribution in [2.75, 3.05) is 19.0 Å². The van der Waals surface area contributed by atoms with Crippen molar-refractivity contribution in [3.63, 3.8) is 0 Å². The number of hydrogen-bond donors (Lipinski definition) is 2. The molecule has 0 radical (unpaired) electrons. The van der Waals surface area contributed by atoms with Crippen molar-refractivity contribution in [2.24, 2.45) is 5.92 Å². The number of nitrogens with zero attached hydrogens (tertiary/aromatic N) is 1. The summed E-state index contributed by atoms with van der Waals surface area (Å²) in [6.45, 7) is 0.788. The van der Waals surface area contributed by atoms with E-state index >= 15 is 0 Å². The van der Waals surface area contributed by atoms with Gasteiger partial charge in [-0.05, 0) is 31.7 Å². The van der Waals surface area contributed by atoms with E-state index in [0.29, 0.717) is 23.3 Å². The maximum atomic E-state index is 12.1. The molecule has 0 spiro atoms. The van der Waals surface area contributed by atoms with Crippen molar-refractivity contribution >= 4 is 17.3 Å². The van der Waals surface area contributed by atoms with Crippen molar-refractivity contribution in [1.82, 2.24) is 5.32 Å². The lowest BCUT2D eigenvalue weighted by Gasteiger charge is -2.34. The lowest BCUT2D eigenvalue weighted by molar-refractivity contribution is -0.384. The van der Waals surface area contributed by atoms with Gasteiger partial charge in [0.25, 0.3) is 11.6 Å². The molecule has 7 nitrogen and oxygen atoms in total. The number of nitrogens with one attached hydrogen (secondary N) is 2. The zero-order valence-corrected chi connectivity index (χ0v) is 13.1. The van der Waals surface area contributed by atoms with E-state index in [0.717, 1.165) is 32.3 Å². The van der Waals surface area contributed by atoms with Gasteiger partial charge in [0, 0.05) is 43.4 Å².